The number of likely N-dealkylation sites (N-methyl/N-ethyl adjacent to an activating group) is 1. The molecular formula is C34H41BNO3+. The molecule has 4 nitrogen and oxygen atoms in total. The number of nitrogens with zero attached hydrogens (tertiary/aromatic N) is 1. The summed E-state index contributed by atoms with van der Waals surface area (Å²) in [5.41, 5.74) is 4.17. The SMILES string of the molecule is CCCCCC(C[N+](C)(C)C)OB(Oc1ccccc1-c1ccccc1)Oc1ccccc1-c1ccccc1. The second kappa shape index (κ2) is 14.0. The highest BCUT2D eigenvalue weighted by molar-refractivity contribution is 6.39. The fourth-order valence-electron chi connectivity index (χ4n) is 4.73. The van der Waals surface area contributed by atoms with Crippen LogP contribution in [0.25, 0.3) is 22.3 Å². The largest absolute Gasteiger partial charge is 0.788 e. The van der Waals surface area contributed by atoms with E-state index in [1.165, 1.54) is 12.8 Å². The molecule has 0 spiro atoms. The normalized spacial score (nSPS) is 12.1. The van der Waals surface area contributed by atoms with Gasteiger partial charge in [0.15, 0.2) is 0 Å². The van der Waals surface area contributed by atoms with E-state index in [2.05, 4.69) is 64.5 Å². The topological polar surface area (TPSA) is 27.7 Å². The molecule has 0 fully saturated rings. The number of hydrogen-bond acceptors (Lipinski definition) is 3. The summed E-state index contributed by atoms with van der Waals surface area (Å²) in [6.45, 7) is 3.08. The van der Waals surface area contributed by atoms with Gasteiger partial charge in [-0.25, -0.2) is 0 Å². The van der Waals surface area contributed by atoms with Gasteiger partial charge in [-0.3, -0.25) is 0 Å². The standard InChI is InChI=1S/C34H41BNO3/c1-5-6-9-22-30(27-36(2,3)4)37-35(38-33-25-16-14-23-31(33)28-18-10-7-11-19-28)39-34-26-17-15-24-32(34)29-20-12-8-13-21-29/h7-8,10-21,23-26,30H,5-6,9,22,27H2,1-4H3/q+1. The zero-order chi connectivity index (χ0) is 27.5. The smallest absolute Gasteiger partial charge is 0.500 e. The molecule has 0 aliphatic carbocycles. The fraction of sp³-hybridized carbons (Fsp3) is 0.294. The Hall–Kier alpha value is -3.54. The minimum Gasteiger partial charge on any atom is -0.500 e. The molecule has 1 unspecified atom stereocenters. The van der Waals surface area contributed by atoms with Gasteiger partial charge in [0.25, 0.3) is 0 Å². The summed E-state index contributed by atoms with van der Waals surface area (Å²) in [5, 5.41) is 0. The third-order valence-corrected chi connectivity index (χ3v) is 6.57. The average molecular weight is 523 g/mol. The molecule has 0 bridgehead atoms. The van der Waals surface area contributed by atoms with Crippen molar-refractivity contribution < 1.29 is 18.4 Å². The van der Waals surface area contributed by atoms with Gasteiger partial charge in [0.1, 0.15) is 18.0 Å². The molecule has 39 heavy (non-hydrogen) atoms. The highest BCUT2D eigenvalue weighted by Gasteiger charge is 2.34. The molecule has 1 atom stereocenters. The van der Waals surface area contributed by atoms with Crippen LogP contribution in [0.15, 0.2) is 109 Å². The highest BCUT2D eigenvalue weighted by atomic mass is 16.7. The Kier molecular flexibility index (Phi) is 10.2. The van der Waals surface area contributed by atoms with Gasteiger partial charge >= 0.3 is 7.32 Å². The van der Waals surface area contributed by atoms with Gasteiger partial charge in [0, 0.05) is 11.1 Å². The first-order valence-corrected chi connectivity index (χ1v) is 14.0. The number of quaternary nitrogens is 1. The molecule has 0 aliphatic heterocycles. The van der Waals surface area contributed by atoms with Gasteiger partial charge in [-0.2, -0.15) is 0 Å². The predicted octanol–water partition coefficient (Wildman–Crippen LogP) is 8.14. The Balaban J connectivity index is 1.67. The van der Waals surface area contributed by atoms with Gasteiger partial charge in [0.2, 0.25) is 0 Å². The van der Waals surface area contributed by atoms with Gasteiger partial charge < -0.3 is 18.4 Å². The molecule has 0 saturated heterocycles. The van der Waals surface area contributed by atoms with Crippen LogP contribution in [0.1, 0.15) is 32.6 Å². The third kappa shape index (κ3) is 8.74. The van der Waals surface area contributed by atoms with Gasteiger partial charge in [0.05, 0.1) is 27.2 Å². The number of unbranched alkanes of at least 4 members (excludes halogenated alkanes) is 2. The van der Waals surface area contributed by atoms with Crippen LogP contribution in [0.3, 0.4) is 0 Å². The van der Waals surface area contributed by atoms with Crippen molar-refractivity contribution in [3.63, 3.8) is 0 Å². The Labute approximate surface area is 234 Å². The molecule has 5 heteroatoms. The first-order valence-electron chi connectivity index (χ1n) is 14.0. The first kappa shape index (κ1) is 28.5. The lowest BCUT2D eigenvalue weighted by molar-refractivity contribution is -0.873. The maximum atomic E-state index is 6.70. The van der Waals surface area contributed by atoms with Crippen molar-refractivity contribution in [2.75, 3.05) is 27.7 Å². The van der Waals surface area contributed by atoms with E-state index in [1.807, 2.05) is 72.8 Å². The van der Waals surface area contributed by atoms with E-state index in [-0.39, 0.29) is 6.10 Å². The summed E-state index contributed by atoms with van der Waals surface area (Å²) in [4.78, 5) is 0. The second-order valence-corrected chi connectivity index (χ2v) is 11.0. The summed E-state index contributed by atoms with van der Waals surface area (Å²) in [7, 11) is 5.67. The molecule has 0 aromatic heterocycles. The number of para-hydroxylation sites is 2. The van der Waals surface area contributed by atoms with Crippen molar-refractivity contribution in [1.82, 2.24) is 0 Å². The van der Waals surface area contributed by atoms with E-state index in [9.17, 15) is 0 Å². The lowest BCUT2D eigenvalue weighted by Crippen LogP contribution is -2.47. The molecule has 4 rings (SSSR count). The third-order valence-electron chi connectivity index (χ3n) is 6.57. The molecule has 4 aromatic rings. The average Bonchev–Trinajstić information content (AvgIpc) is 2.94. The summed E-state index contributed by atoms with van der Waals surface area (Å²) in [5.74, 6) is 1.45. The molecule has 0 radical (unpaired) electrons. The Bertz CT molecular complexity index is 1190. The monoisotopic (exact) mass is 522 g/mol. The minimum atomic E-state index is -0.919. The Morgan fingerprint density at radius 3 is 1.54 bits per heavy atom. The highest BCUT2D eigenvalue weighted by Crippen LogP contribution is 2.33. The van der Waals surface area contributed by atoms with Gasteiger partial charge in [-0.1, -0.05) is 123 Å². The lowest BCUT2D eigenvalue weighted by Gasteiger charge is -2.30. The van der Waals surface area contributed by atoms with Crippen molar-refractivity contribution in [3.05, 3.63) is 109 Å². The zero-order valence-electron chi connectivity index (χ0n) is 23.8. The number of hydrogen-bond donors (Lipinski definition) is 0. The molecule has 4 aromatic carbocycles. The van der Waals surface area contributed by atoms with Crippen LogP contribution in [-0.2, 0) is 4.65 Å². The van der Waals surface area contributed by atoms with Crippen molar-refractivity contribution >= 4 is 7.32 Å². The molecule has 0 heterocycles. The number of benzene rings is 4. The summed E-state index contributed by atoms with van der Waals surface area (Å²) in [6, 6.07) is 36.7. The van der Waals surface area contributed by atoms with Crippen LogP contribution < -0.4 is 9.31 Å². The minimum absolute atomic E-state index is 0.0191. The summed E-state index contributed by atoms with van der Waals surface area (Å²) in [6.07, 6.45) is 4.39. The molecule has 0 aliphatic rings. The molecule has 0 N–H and O–H groups in total. The van der Waals surface area contributed by atoms with Crippen molar-refractivity contribution in [3.8, 4) is 33.8 Å². The predicted molar refractivity (Wildman–Crippen MR) is 163 cm³/mol. The maximum absolute atomic E-state index is 6.70. The quantitative estimate of drug-likeness (QED) is 0.0951. The zero-order valence-corrected chi connectivity index (χ0v) is 23.8. The van der Waals surface area contributed by atoms with Crippen LogP contribution in [-0.4, -0.2) is 45.6 Å². The summed E-state index contributed by atoms with van der Waals surface area (Å²) >= 11 is 0. The number of rotatable bonds is 14. The van der Waals surface area contributed by atoms with E-state index in [4.69, 9.17) is 14.0 Å². The molecule has 0 amide bonds. The second-order valence-electron chi connectivity index (χ2n) is 11.0. The Morgan fingerprint density at radius 1 is 0.615 bits per heavy atom. The van der Waals surface area contributed by atoms with Crippen molar-refractivity contribution in [2.45, 2.75) is 38.7 Å². The van der Waals surface area contributed by atoms with Crippen LogP contribution in [0.2, 0.25) is 0 Å². The molecule has 202 valence electrons. The first-order chi connectivity index (χ1) is 18.9. The fourth-order valence-corrected chi connectivity index (χ4v) is 4.73. The van der Waals surface area contributed by atoms with Gasteiger partial charge in [-0.15, -0.1) is 0 Å². The van der Waals surface area contributed by atoms with E-state index in [1.54, 1.807) is 0 Å². The van der Waals surface area contributed by atoms with E-state index >= 15 is 0 Å². The van der Waals surface area contributed by atoms with E-state index in [0.29, 0.717) is 0 Å². The maximum Gasteiger partial charge on any atom is 0.788 e. The summed E-state index contributed by atoms with van der Waals surface area (Å²) < 4.78 is 20.7. The van der Waals surface area contributed by atoms with E-state index in [0.717, 1.165) is 57.6 Å². The van der Waals surface area contributed by atoms with Crippen molar-refractivity contribution in [1.29, 1.82) is 0 Å². The van der Waals surface area contributed by atoms with Crippen molar-refractivity contribution in [2.24, 2.45) is 0 Å². The van der Waals surface area contributed by atoms with Gasteiger partial charge in [-0.05, 0) is 29.7 Å². The lowest BCUT2D eigenvalue weighted by atomic mass is 10.0. The van der Waals surface area contributed by atoms with Crippen LogP contribution >= 0.6 is 0 Å². The van der Waals surface area contributed by atoms with Crippen LogP contribution in [0, 0.1) is 0 Å². The van der Waals surface area contributed by atoms with Crippen LogP contribution in [0.4, 0.5) is 0 Å². The van der Waals surface area contributed by atoms with E-state index < -0.39 is 7.32 Å². The molecular weight excluding hydrogens is 481 g/mol. The van der Waals surface area contributed by atoms with Crippen LogP contribution in [0.5, 0.6) is 11.5 Å². The molecule has 0 saturated carbocycles. The Morgan fingerprint density at radius 2 is 1.08 bits per heavy atom.